The maximum Gasteiger partial charge on any atom is 0.270 e. The SMILES string of the molecule is N=C1CCN(C(=O)c2ccc(Cl)c(Cl)c2)C/C1=C1/NCCN(Cc2ccccc2)C1=O. The molecule has 0 aliphatic carbocycles. The number of nitrogens with one attached hydrogen (secondary N) is 2. The second-order valence-electron chi connectivity index (χ2n) is 7.58. The summed E-state index contributed by atoms with van der Waals surface area (Å²) in [5.74, 6) is -0.341. The van der Waals surface area contributed by atoms with Crippen LogP contribution in [0.5, 0.6) is 0 Å². The van der Waals surface area contributed by atoms with Crippen molar-refractivity contribution in [3.8, 4) is 0 Å². The predicted octanol–water partition coefficient (Wildman–Crippen LogP) is 3.75. The molecular weight excluding hydrogens is 435 g/mol. The monoisotopic (exact) mass is 456 g/mol. The first-order chi connectivity index (χ1) is 14.9. The van der Waals surface area contributed by atoms with Crippen LogP contribution in [-0.4, -0.2) is 53.5 Å². The number of hydrogen-bond acceptors (Lipinski definition) is 4. The fraction of sp³-hybridized carbons (Fsp3) is 0.261. The number of benzene rings is 2. The van der Waals surface area contributed by atoms with Gasteiger partial charge in [-0.05, 0) is 23.8 Å². The molecule has 160 valence electrons. The zero-order valence-electron chi connectivity index (χ0n) is 16.8. The Morgan fingerprint density at radius 2 is 1.84 bits per heavy atom. The number of piperazine rings is 1. The minimum Gasteiger partial charge on any atom is -0.378 e. The lowest BCUT2D eigenvalue weighted by molar-refractivity contribution is -0.129. The summed E-state index contributed by atoms with van der Waals surface area (Å²) >= 11 is 12.0. The molecule has 2 aromatic rings. The summed E-state index contributed by atoms with van der Waals surface area (Å²) in [5.41, 5.74) is 2.86. The average molecular weight is 457 g/mol. The van der Waals surface area contributed by atoms with Crippen molar-refractivity contribution < 1.29 is 9.59 Å². The quantitative estimate of drug-likeness (QED) is 0.690. The van der Waals surface area contributed by atoms with Gasteiger partial charge in [-0.2, -0.15) is 0 Å². The van der Waals surface area contributed by atoms with Crippen molar-refractivity contribution in [3.63, 3.8) is 0 Å². The van der Waals surface area contributed by atoms with Gasteiger partial charge in [0.2, 0.25) is 0 Å². The zero-order chi connectivity index (χ0) is 22.0. The van der Waals surface area contributed by atoms with Crippen molar-refractivity contribution in [1.82, 2.24) is 15.1 Å². The van der Waals surface area contributed by atoms with E-state index >= 15 is 0 Å². The van der Waals surface area contributed by atoms with Crippen molar-refractivity contribution >= 4 is 40.7 Å². The number of carbonyl (C=O) groups is 2. The first-order valence-corrected chi connectivity index (χ1v) is 10.8. The van der Waals surface area contributed by atoms with Crippen molar-refractivity contribution in [1.29, 1.82) is 5.41 Å². The normalized spacial score (nSPS) is 19.4. The first-order valence-electron chi connectivity index (χ1n) is 10.1. The molecule has 0 bridgehead atoms. The number of likely N-dealkylation sites (tertiary alicyclic amines) is 1. The molecular formula is C23H22Cl2N4O2. The van der Waals surface area contributed by atoms with E-state index in [1.165, 1.54) is 0 Å². The van der Waals surface area contributed by atoms with Crippen molar-refractivity contribution in [2.75, 3.05) is 26.2 Å². The lowest BCUT2D eigenvalue weighted by Crippen LogP contribution is -2.49. The molecule has 0 saturated carbocycles. The number of amides is 2. The van der Waals surface area contributed by atoms with Crippen LogP contribution in [0.25, 0.3) is 0 Å². The largest absolute Gasteiger partial charge is 0.378 e. The van der Waals surface area contributed by atoms with Crippen LogP contribution in [-0.2, 0) is 11.3 Å². The molecule has 0 unspecified atom stereocenters. The van der Waals surface area contributed by atoms with E-state index < -0.39 is 0 Å². The Bertz CT molecular complexity index is 1070. The number of nitrogens with zero attached hydrogens (tertiary/aromatic N) is 2. The Morgan fingerprint density at radius 3 is 2.58 bits per heavy atom. The first kappa shape index (κ1) is 21.4. The summed E-state index contributed by atoms with van der Waals surface area (Å²) in [4.78, 5) is 29.6. The second kappa shape index (κ2) is 9.12. The summed E-state index contributed by atoms with van der Waals surface area (Å²) in [6.45, 7) is 2.31. The van der Waals surface area contributed by atoms with Crippen LogP contribution >= 0.6 is 23.2 Å². The van der Waals surface area contributed by atoms with E-state index in [1.54, 1.807) is 28.0 Å². The molecule has 0 aromatic heterocycles. The highest BCUT2D eigenvalue weighted by molar-refractivity contribution is 6.42. The number of piperidine rings is 1. The van der Waals surface area contributed by atoms with Gasteiger partial charge < -0.3 is 20.5 Å². The molecule has 2 aromatic carbocycles. The second-order valence-corrected chi connectivity index (χ2v) is 8.39. The average Bonchev–Trinajstić information content (AvgIpc) is 2.78. The Balaban J connectivity index is 1.56. The standard InChI is InChI=1S/C23H22Cl2N4O2/c24-18-7-6-16(12-19(18)25)22(30)28-10-8-20(26)17(14-28)21-23(31)29(11-9-27-21)13-15-4-2-1-3-5-15/h1-7,12,26-27H,8-11,13-14H2/b21-17-,26-20?. The van der Waals surface area contributed by atoms with E-state index in [0.29, 0.717) is 65.2 Å². The van der Waals surface area contributed by atoms with Crippen molar-refractivity contribution in [2.24, 2.45) is 0 Å². The summed E-state index contributed by atoms with van der Waals surface area (Å²) < 4.78 is 0. The Hall–Kier alpha value is -2.83. The molecule has 2 saturated heterocycles. The third-order valence-corrected chi connectivity index (χ3v) is 6.24. The summed E-state index contributed by atoms with van der Waals surface area (Å²) in [5, 5.41) is 12.3. The van der Waals surface area contributed by atoms with Crippen molar-refractivity contribution in [3.05, 3.63) is 81.0 Å². The molecule has 2 heterocycles. The van der Waals surface area contributed by atoms with Gasteiger partial charge in [-0.25, -0.2) is 0 Å². The molecule has 2 N–H and O–H groups in total. The molecule has 2 aliphatic rings. The number of carbonyl (C=O) groups excluding carboxylic acids is 2. The number of halogens is 2. The molecule has 2 aliphatic heterocycles. The van der Waals surface area contributed by atoms with Gasteiger partial charge in [0.1, 0.15) is 5.70 Å². The molecule has 0 radical (unpaired) electrons. The highest BCUT2D eigenvalue weighted by atomic mass is 35.5. The predicted molar refractivity (Wildman–Crippen MR) is 122 cm³/mol. The van der Waals surface area contributed by atoms with E-state index in [9.17, 15) is 9.59 Å². The third-order valence-electron chi connectivity index (χ3n) is 5.50. The third kappa shape index (κ3) is 4.60. The summed E-state index contributed by atoms with van der Waals surface area (Å²) in [6, 6.07) is 14.6. The Labute approximate surface area is 190 Å². The molecule has 0 spiro atoms. The molecule has 31 heavy (non-hydrogen) atoms. The van der Waals surface area contributed by atoms with Gasteiger partial charge in [0.05, 0.1) is 10.0 Å². The highest BCUT2D eigenvalue weighted by Crippen LogP contribution is 2.25. The van der Waals surface area contributed by atoms with Crippen LogP contribution in [0.4, 0.5) is 0 Å². The van der Waals surface area contributed by atoms with Crippen molar-refractivity contribution in [2.45, 2.75) is 13.0 Å². The van der Waals surface area contributed by atoms with E-state index in [1.807, 2.05) is 30.3 Å². The van der Waals surface area contributed by atoms with E-state index in [2.05, 4.69) is 5.32 Å². The molecule has 2 fully saturated rings. The van der Waals surface area contributed by atoms with E-state index in [0.717, 1.165) is 5.56 Å². The van der Waals surface area contributed by atoms with Gasteiger partial charge in [-0.1, -0.05) is 53.5 Å². The molecule has 6 nitrogen and oxygen atoms in total. The van der Waals surface area contributed by atoms with Gasteiger partial charge in [-0.3, -0.25) is 9.59 Å². The smallest absolute Gasteiger partial charge is 0.270 e. The minimum atomic E-state index is -0.200. The molecule has 0 atom stereocenters. The van der Waals surface area contributed by atoms with E-state index in [4.69, 9.17) is 28.6 Å². The lowest BCUT2D eigenvalue weighted by Gasteiger charge is -2.35. The summed E-state index contributed by atoms with van der Waals surface area (Å²) in [7, 11) is 0. The number of rotatable bonds is 3. The fourth-order valence-corrected chi connectivity index (χ4v) is 4.12. The maximum absolute atomic E-state index is 13.2. The number of hydrogen-bond donors (Lipinski definition) is 2. The maximum atomic E-state index is 13.2. The van der Waals surface area contributed by atoms with Crippen LogP contribution in [0.15, 0.2) is 59.8 Å². The fourth-order valence-electron chi connectivity index (χ4n) is 3.82. The van der Waals surface area contributed by atoms with Crippen LogP contribution in [0, 0.1) is 5.41 Å². The topological polar surface area (TPSA) is 76.5 Å². The van der Waals surface area contributed by atoms with Gasteiger partial charge in [-0.15, -0.1) is 0 Å². The van der Waals surface area contributed by atoms with Crippen LogP contribution in [0.1, 0.15) is 22.3 Å². The Morgan fingerprint density at radius 1 is 1.06 bits per heavy atom. The molecule has 2 amide bonds. The van der Waals surface area contributed by atoms with Gasteiger partial charge >= 0.3 is 0 Å². The van der Waals surface area contributed by atoms with Crippen LogP contribution < -0.4 is 5.32 Å². The Kier molecular flexibility index (Phi) is 6.30. The minimum absolute atomic E-state index is 0.140. The van der Waals surface area contributed by atoms with Crippen LogP contribution in [0.2, 0.25) is 10.0 Å². The molecule has 4 rings (SSSR count). The zero-order valence-corrected chi connectivity index (χ0v) is 18.3. The van der Waals surface area contributed by atoms with E-state index in [-0.39, 0.29) is 18.4 Å². The molecule has 8 heteroatoms. The highest BCUT2D eigenvalue weighted by Gasteiger charge is 2.32. The van der Waals surface area contributed by atoms with Gasteiger partial charge in [0, 0.05) is 56.0 Å². The van der Waals surface area contributed by atoms with Crippen LogP contribution in [0.3, 0.4) is 0 Å². The summed E-state index contributed by atoms with van der Waals surface area (Å²) in [6.07, 6.45) is 0.388. The van der Waals surface area contributed by atoms with Gasteiger partial charge in [0.25, 0.3) is 11.8 Å². The van der Waals surface area contributed by atoms with Gasteiger partial charge in [0.15, 0.2) is 0 Å². The lowest BCUT2D eigenvalue weighted by atomic mass is 9.97.